The third-order valence-electron chi connectivity index (χ3n) is 4.67. The largest absolute Gasteiger partial charge is 0.324 e. The second-order valence-electron chi connectivity index (χ2n) is 6.68. The van der Waals surface area contributed by atoms with E-state index in [1.54, 1.807) is 31.2 Å². The number of aryl methyl sites for hydroxylation is 2. The van der Waals surface area contributed by atoms with Crippen molar-refractivity contribution in [3.63, 3.8) is 0 Å². The van der Waals surface area contributed by atoms with E-state index in [2.05, 4.69) is 32.0 Å². The fraction of sp³-hybridized carbons (Fsp3) is 0.200. The van der Waals surface area contributed by atoms with Gasteiger partial charge in [0.2, 0.25) is 0 Å². The van der Waals surface area contributed by atoms with Crippen LogP contribution < -0.4 is 9.62 Å². The molecule has 7 heteroatoms. The van der Waals surface area contributed by atoms with Crippen molar-refractivity contribution in [2.24, 2.45) is 0 Å². The SMILES string of the molecule is Cc1ccc(S(=O)(=O)Nc2ccc(N3CCc4ccccc43)nn2)c(C)c1. The van der Waals surface area contributed by atoms with Crippen molar-refractivity contribution in [1.29, 1.82) is 0 Å². The topological polar surface area (TPSA) is 75.2 Å². The van der Waals surface area contributed by atoms with Gasteiger partial charge in [-0.3, -0.25) is 4.72 Å². The summed E-state index contributed by atoms with van der Waals surface area (Å²) in [5, 5.41) is 8.30. The lowest BCUT2D eigenvalue weighted by molar-refractivity contribution is 0.600. The van der Waals surface area contributed by atoms with E-state index in [0.29, 0.717) is 11.4 Å². The van der Waals surface area contributed by atoms with E-state index in [1.807, 2.05) is 25.1 Å². The zero-order valence-corrected chi connectivity index (χ0v) is 16.0. The maximum Gasteiger partial charge on any atom is 0.263 e. The molecule has 27 heavy (non-hydrogen) atoms. The lowest BCUT2D eigenvalue weighted by Gasteiger charge is -2.18. The van der Waals surface area contributed by atoms with Crippen molar-refractivity contribution in [1.82, 2.24) is 10.2 Å². The molecule has 0 amide bonds. The summed E-state index contributed by atoms with van der Waals surface area (Å²) in [4.78, 5) is 2.33. The molecule has 138 valence electrons. The number of benzene rings is 2. The van der Waals surface area contributed by atoms with Gasteiger partial charge in [0.25, 0.3) is 10.0 Å². The van der Waals surface area contributed by atoms with Gasteiger partial charge in [-0.05, 0) is 55.7 Å². The monoisotopic (exact) mass is 380 g/mol. The summed E-state index contributed by atoms with van der Waals surface area (Å²) in [6, 6.07) is 16.8. The quantitative estimate of drug-likeness (QED) is 0.749. The number of para-hydroxylation sites is 1. The van der Waals surface area contributed by atoms with E-state index in [-0.39, 0.29) is 10.7 Å². The van der Waals surface area contributed by atoms with Crippen molar-refractivity contribution >= 4 is 27.3 Å². The maximum atomic E-state index is 12.6. The summed E-state index contributed by atoms with van der Waals surface area (Å²) in [7, 11) is -3.71. The average Bonchev–Trinajstić information content (AvgIpc) is 3.06. The van der Waals surface area contributed by atoms with Crippen LogP contribution in [0.5, 0.6) is 0 Å². The Morgan fingerprint density at radius 3 is 2.56 bits per heavy atom. The fourth-order valence-corrected chi connectivity index (χ4v) is 4.62. The average molecular weight is 380 g/mol. The molecule has 0 atom stereocenters. The first-order valence-electron chi connectivity index (χ1n) is 8.73. The molecule has 6 nitrogen and oxygen atoms in total. The van der Waals surface area contributed by atoms with Gasteiger partial charge in [-0.1, -0.05) is 35.9 Å². The summed E-state index contributed by atoms with van der Waals surface area (Å²) in [5.74, 6) is 0.903. The number of rotatable bonds is 4. The first-order chi connectivity index (χ1) is 12.9. The Bertz CT molecular complexity index is 1100. The number of hydrogen-bond acceptors (Lipinski definition) is 5. The van der Waals surface area contributed by atoms with Gasteiger partial charge in [-0.2, -0.15) is 0 Å². The molecule has 3 aromatic rings. The van der Waals surface area contributed by atoms with Crippen LogP contribution in [-0.4, -0.2) is 25.2 Å². The summed E-state index contributed by atoms with van der Waals surface area (Å²) in [6.45, 7) is 4.54. The predicted octanol–water partition coefficient (Wildman–Crippen LogP) is 3.59. The Morgan fingerprint density at radius 2 is 1.81 bits per heavy atom. The molecule has 1 aliphatic heterocycles. The van der Waals surface area contributed by atoms with Gasteiger partial charge in [-0.15, -0.1) is 10.2 Å². The van der Waals surface area contributed by atoms with Crippen LogP contribution in [0, 0.1) is 13.8 Å². The van der Waals surface area contributed by atoms with E-state index in [1.165, 1.54) is 5.56 Å². The predicted molar refractivity (Wildman–Crippen MR) is 106 cm³/mol. The minimum atomic E-state index is -3.71. The highest BCUT2D eigenvalue weighted by Gasteiger charge is 2.22. The van der Waals surface area contributed by atoms with Gasteiger partial charge in [0.15, 0.2) is 11.6 Å². The lowest BCUT2D eigenvalue weighted by Crippen LogP contribution is -2.18. The lowest BCUT2D eigenvalue weighted by atomic mass is 10.2. The van der Waals surface area contributed by atoms with Crippen LogP contribution in [0.2, 0.25) is 0 Å². The van der Waals surface area contributed by atoms with Crippen LogP contribution in [-0.2, 0) is 16.4 Å². The molecule has 0 fully saturated rings. The Morgan fingerprint density at radius 1 is 1.00 bits per heavy atom. The molecule has 4 rings (SSSR count). The first kappa shape index (κ1) is 17.5. The maximum absolute atomic E-state index is 12.6. The Balaban J connectivity index is 1.56. The molecule has 2 aromatic carbocycles. The van der Waals surface area contributed by atoms with Gasteiger partial charge in [-0.25, -0.2) is 8.42 Å². The van der Waals surface area contributed by atoms with Crippen molar-refractivity contribution in [2.75, 3.05) is 16.2 Å². The first-order valence-corrected chi connectivity index (χ1v) is 10.2. The van der Waals surface area contributed by atoms with Gasteiger partial charge >= 0.3 is 0 Å². The Labute approximate surface area is 158 Å². The summed E-state index contributed by atoms with van der Waals surface area (Å²) in [5.41, 5.74) is 4.11. The minimum Gasteiger partial charge on any atom is -0.324 e. The molecule has 1 N–H and O–H groups in total. The molecule has 0 saturated heterocycles. The van der Waals surface area contributed by atoms with Crippen LogP contribution in [0.4, 0.5) is 17.3 Å². The molecule has 0 saturated carbocycles. The second-order valence-corrected chi connectivity index (χ2v) is 8.33. The molecule has 0 unspecified atom stereocenters. The standard InChI is InChI=1S/C20H20N4O2S/c1-14-7-8-18(15(2)13-14)27(25,26)23-19-9-10-20(22-21-19)24-12-11-16-5-3-4-6-17(16)24/h3-10,13H,11-12H2,1-2H3,(H,21,23). The summed E-state index contributed by atoms with van der Waals surface area (Å²) in [6.07, 6.45) is 0.957. The smallest absolute Gasteiger partial charge is 0.263 e. The van der Waals surface area contributed by atoms with Crippen molar-refractivity contribution < 1.29 is 8.42 Å². The highest BCUT2D eigenvalue weighted by Crippen LogP contribution is 2.33. The molecule has 0 spiro atoms. The molecule has 0 radical (unpaired) electrons. The van der Waals surface area contributed by atoms with Crippen molar-refractivity contribution in [2.45, 2.75) is 25.2 Å². The number of nitrogens with one attached hydrogen (secondary N) is 1. The van der Waals surface area contributed by atoms with Crippen molar-refractivity contribution in [3.8, 4) is 0 Å². The molecular formula is C20H20N4O2S. The van der Waals surface area contributed by atoms with E-state index >= 15 is 0 Å². The highest BCUT2D eigenvalue weighted by atomic mass is 32.2. The van der Waals surface area contributed by atoms with Crippen LogP contribution >= 0.6 is 0 Å². The second kappa shape index (κ2) is 6.66. The normalized spacial score (nSPS) is 13.5. The minimum absolute atomic E-state index is 0.200. The molecule has 0 bridgehead atoms. The van der Waals surface area contributed by atoms with E-state index in [4.69, 9.17) is 0 Å². The van der Waals surface area contributed by atoms with Gasteiger partial charge < -0.3 is 4.90 Å². The van der Waals surface area contributed by atoms with Crippen LogP contribution in [0.15, 0.2) is 59.5 Å². The molecule has 0 aliphatic carbocycles. The Kier molecular flexibility index (Phi) is 4.31. The highest BCUT2D eigenvalue weighted by molar-refractivity contribution is 7.92. The molecule has 1 aromatic heterocycles. The number of aromatic nitrogens is 2. The fourth-order valence-electron chi connectivity index (χ4n) is 3.39. The van der Waals surface area contributed by atoms with E-state index < -0.39 is 10.0 Å². The summed E-state index contributed by atoms with van der Waals surface area (Å²) >= 11 is 0. The van der Waals surface area contributed by atoms with Crippen LogP contribution in [0.3, 0.4) is 0 Å². The Hall–Kier alpha value is -2.93. The van der Waals surface area contributed by atoms with Crippen LogP contribution in [0.1, 0.15) is 16.7 Å². The molecular weight excluding hydrogens is 360 g/mol. The number of fused-ring (bicyclic) bond motifs is 1. The number of nitrogens with zero attached hydrogens (tertiary/aromatic N) is 3. The molecule has 2 heterocycles. The number of hydrogen-bond donors (Lipinski definition) is 1. The number of sulfonamides is 1. The van der Waals surface area contributed by atoms with Crippen LogP contribution in [0.25, 0.3) is 0 Å². The third-order valence-corrected chi connectivity index (χ3v) is 6.19. The zero-order chi connectivity index (χ0) is 19.0. The molecule has 1 aliphatic rings. The van der Waals surface area contributed by atoms with Gasteiger partial charge in [0, 0.05) is 12.2 Å². The van der Waals surface area contributed by atoms with E-state index in [0.717, 1.165) is 24.2 Å². The number of anilines is 3. The van der Waals surface area contributed by atoms with Gasteiger partial charge in [0.05, 0.1) is 4.90 Å². The summed E-state index contributed by atoms with van der Waals surface area (Å²) < 4.78 is 27.8. The van der Waals surface area contributed by atoms with Gasteiger partial charge in [0.1, 0.15) is 0 Å². The van der Waals surface area contributed by atoms with Crippen molar-refractivity contribution in [3.05, 3.63) is 71.3 Å². The third kappa shape index (κ3) is 3.38. The zero-order valence-electron chi connectivity index (χ0n) is 15.2. The van der Waals surface area contributed by atoms with E-state index in [9.17, 15) is 8.42 Å².